The summed E-state index contributed by atoms with van der Waals surface area (Å²) < 4.78 is 13.4. The van der Waals surface area contributed by atoms with Gasteiger partial charge in [-0.05, 0) is 47.7 Å². The first-order chi connectivity index (χ1) is 6.50. The highest BCUT2D eigenvalue weighted by Crippen LogP contribution is 2.17. The molecule has 0 spiro atoms. The SMILES string of the molecule is C=C(C)CC(=O)c1ccc(F)cc1I. The molecule has 0 amide bonds. The second-order valence-corrected chi connectivity index (χ2v) is 4.34. The number of benzene rings is 1. The molecule has 14 heavy (non-hydrogen) atoms. The van der Waals surface area contributed by atoms with Crippen LogP contribution in [0.15, 0.2) is 30.4 Å². The van der Waals surface area contributed by atoms with Gasteiger partial charge in [-0.1, -0.05) is 12.2 Å². The molecule has 74 valence electrons. The number of halogens is 2. The molecule has 0 bridgehead atoms. The molecule has 0 unspecified atom stereocenters. The van der Waals surface area contributed by atoms with Crippen LogP contribution >= 0.6 is 22.6 Å². The molecule has 0 saturated heterocycles. The van der Waals surface area contributed by atoms with Crippen LogP contribution in [0.4, 0.5) is 4.39 Å². The van der Waals surface area contributed by atoms with Crippen molar-refractivity contribution in [2.75, 3.05) is 0 Å². The van der Waals surface area contributed by atoms with Crippen LogP contribution in [0.3, 0.4) is 0 Å². The lowest BCUT2D eigenvalue weighted by molar-refractivity contribution is 0.0992. The van der Waals surface area contributed by atoms with Crippen LogP contribution in [0.1, 0.15) is 23.7 Å². The van der Waals surface area contributed by atoms with E-state index in [1.54, 1.807) is 6.92 Å². The average Bonchev–Trinajstić information content (AvgIpc) is 2.01. The number of ketones is 1. The Kier molecular flexibility index (Phi) is 3.80. The Bertz CT molecular complexity index is 385. The highest BCUT2D eigenvalue weighted by Gasteiger charge is 2.10. The second kappa shape index (κ2) is 4.68. The van der Waals surface area contributed by atoms with Gasteiger partial charge in [0.15, 0.2) is 5.78 Å². The fraction of sp³-hybridized carbons (Fsp3) is 0.182. The van der Waals surface area contributed by atoms with Gasteiger partial charge in [-0.3, -0.25) is 4.79 Å². The zero-order chi connectivity index (χ0) is 10.7. The monoisotopic (exact) mass is 304 g/mol. The number of hydrogen-bond donors (Lipinski definition) is 0. The van der Waals surface area contributed by atoms with Gasteiger partial charge >= 0.3 is 0 Å². The summed E-state index contributed by atoms with van der Waals surface area (Å²) in [7, 11) is 0. The highest BCUT2D eigenvalue weighted by atomic mass is 127. The maximum atomic E-state index is 12.7. The van der Waals surface area contributed by atoms with Gasteiger partial charge in [0.1, 0.15) is 5.82 Å². The van der Waals surface area contributed by atoms with E-state index in [2.05, 4.69) is 6.58 Å². The summed E-state index contributed by atoms with van der Waals surface area (Å²) in [5.41, 5.74) is 1.38. The number of rotatable bonds is 3. The molecular formula is C11H10FIO. The Morgan fingerprint density at radius 3 is 2.71 bits per heavy atom. The Morgan fingerprint density at radius 2 is 2.21 bits per heavy atom. The Hall–Kier alpha value is -0.710. The van der Waals surface area contributed by atoms with Crippen molar-refractivity contribution in [2.45, 2.75) is 13.3 Å². The molecule has 0 aromatic heterocycles. The van der Waals surface area contributed by atoms with E-state index in [0.29, 0.717) is 15.6 Å². The summed E-state index contributed by atoms with van der Waals surface area (Å²) >= 11 is 1.96. The quantitative estimate of drug-likeness (QED) is 0.474. The van der Waals surface area contributed by atoms with Crippen LogP contribution in [0.2, 0.25) is 0 Å². The summed E-state index contributed by atoms with van der Waals surface area (Å²) in [6, 6.07) is 4.17. The normalized spacial score (nSPS) is 9.93. The van der Waals surface area contributed by atoms with Gasteiger partial charge in [-0.15, -0.1) is 0 Å². The largest absolute Gasteiger partial charge is 0.294 e. The summed E-state index contributed by atoms with van der Waals surface area (Å²) in [4.78, 5) is 11.6. The molecule has 1 nitrogen and oxygen atoms in total. The second-order valence-electron chi connectivity index (χ2n) is 3.18. The molecule has 0 aliphatic carbocycles. The summed E-state index contributed by atoms with van der Waals surface area (Å²) in [5, 5.41) is 0. The zero-order valence-corrected chi connectivity index (χ0v) is 9.97. The molecule has 1 aromatic rings. The first kappa shape index (κ1) is 11.4. The predicted octanol–water partition coefficient (Wildman–Crippen LogP) is 3.58. The van der Waals surface area contributed by atoms with Crippen molar-refractivity contribution < 1.29 is 9.18 Å². The molecule has 0 saturated carbocycles. The van der Waals surface area contributed by atoms with E-state index in [9.17, 15) is 9.18 Å². The van der Waals surface area contributed by atoms with E-state index in [1.165, 1.54) is 18.2 Å². The van der Waals surface area contributed by atoms with E-state index in [-0.39, 0.29) is 11.6 Å². The van der Waals surface area contributed by atoms with Gasteiger partial charge in [0, 0.05) is 15.6 Å². The van der Waals surface area contributed by atoms with E-state index in [4.69, 9.17) is 0 Å². The molecule has 0 aliphatic heterocycles. The van der Waals surface area contributed by atoms with Crippen molar-refractivity contribution in [3.8, 4) is 0 Å². The zero-order valence-electron chi connectivity index (χ0n) is 7.81. The van der Waals surface area contributed by atoms with Crippen molar-refractivity contribution in [1.29, 1.82) is 0 Å². The van der Waals surface area contributed by atoms with Crippen LogP contribution in [-0.2, 0) is 0 Å². The first-order valence-corrected chi connectivity index (χ1v) is 5.21. The topological polar surface area (TPSA) is 17.1 Å². The third kappa shape index (κ3) is 2.90. The van der Waals surface area contributed by atoms with Crippen molar-refractivity contribution >= 4 is 28.4 Å². The number of allylic oxidation sites excluding steroid dienone is 1. The van der Waals surface area contributed by atoms with Crippen LogP contribution in [0, 0.1) is 9.39 Å². The molecule has 0 aliphatic rings. The smallest absolute Gasteiger partial charge is 0.167 e. The highest BCUT2D eigenvalue weighted by molar-refractivity contribution is 14.1. The van der Waals surface area contributed by atoms with E-state index < -0.39 is 0 Å². The Morgan fingerprint density at radius 1 is 1.57 bits per heavy atom. The van der Waals surface area contributed by atoms with Crippen molar-refractivity contribution in [3.63, 3.8) is 0 Å². The molecule has 1 aromatic carbocycles. The Balaban J connectivity index is 2.96. The number of carbonyl (C=O) groups is 1. The van der Waals surface area contributed by atoms with Crippen molar-refractivity contribution in [2.24, 2.45) is 0 Å². The van der Waals surface area contributed by atoms with Gasteiger partial charge in [-0.25, -0.2) is 4.39 Å². The molecular weight excluding hydrogens is 294 g/mol. The van der Waals surface area contributed by atoms with Gasteiger partial charge < -0.3 is 0 Å². The minimum absolute atomic E-state index is 0.0121. The third-order valence-corrected chi connectivity index (χ3v) is 2.59. The van der Waals surface area contributed by atoms with E-state index in [0.717, 1.165) is 5.57 Å². The van der Waals surface area contributed by atoms with E-state index >= 15 is 0 Å². The number of carbonyl (C=O) groups excluding carboxylic acids is 1. The van der Waals surface area contributed by atoms with Crippen LogP contribution < -0.4 is 0 Å². The molecule has 1 rings (SSSR count). The van der Waals surface area contributed by atoms with Gasteiger partial charge in [-0.2, -0.15) is 0 Å². The summed E-state index contributed by atoms with van der Waals surface area (Å²) in [6.45, 7) is 5.47. The Labute approximate surface area is 96.2 Å². The van der Waals surface area contributed by atoms with Crippen molar-refractivity contribution in [1.82, 2.24) is 0 Å². The van der Waals surface area contributed by atoms with Crippen LogP contribution in [-0.4, -0.2) is 5.78 Å². The average molecular weight is 304 g/mol. The molecule has 0 radical (unpaired) electrons. The fourth-order valence-electron chi connectivity index (χ4n) is 1.08. The van der Waals surface area contributed by atoms with Gasteiger partial charge in [0.25, 0.3) is 0 Å². The van der Waals surface area contributed by atoms with Crippen LogP contribution in [0.5, 0.6) is 0 Å². The number of hydrogen-bond acceptors (Lipinski definition) is 1. The number of Topliss-reactive ketones (excluding diaryl/α,β-unsaturated/α-hetero) is 1. The standard InChI is InChI=1S/C11H10FIO/c1-7(2)5-11(14)9-4-3-8(12)6-10(9)13/h3-4,6H,1,5H2,2H3. The predicted molar refractivity (Wildman–Crippen MR) is 62.9 cm³/mol. The molecule has 0 atom stereocenters. The van der Waals surface area contributed by atoms with Gasteiger partial charge in [0.2, 0.25) is 0 Å². The van der Waals surface area contributed by atoms with Gasteiger partial charge in [0.05, 0.1) is 0 Å². The molecule has 3 heteroatoms. The lowest BCUT2D eigenvalue weighted by Gasteiger charge is -2.03. The summed E-state index contributed by atoms with van der Waals surface area (Å²) in [6.07, 6.45) is 0.321. The lowest BCUT2D eigenvalue weighted by atomic mass is 10.1. The maximum Gasteiger partial charge on any atom is 0.167 e. The van der Waals surface area contributed by atoms with E-state index in [1.807, 2.05) is 22.6 Å². The molecule has 0 heterocycles. The lowest BCUT2D eigenvalue weighted by Crippen LogP contribution is -2.02. The summed E-state index contributed by atoms with van der Waals surface area (Å²) in [5.74, 6) is -0.330. The fourth-order valence-corrected chi connectivity index (χ4v) is 1.86. The molecule has 0 fully saturated rings. The molecule has 0 N–H and O–H groups in total. The first-order valence-electron chi connectivity index (χ1n) is 4.13. The maximum absolute atomic E-state index is 12.7. The minimum Gasteiger partial charge on any atom is -0.294 e. The minimum atomic E-state index is -0.318. The third-order valence-electron chi connectivity index (χ3n) is 1.69. The van der Waals surface area contributed by atoms with Crippen molar-refractivity contribution in [3.05, 3.63) is 45.3 Å². The van der Waals surface area contributed by atoms with Crippen LogP contribution in [0.25, 0.3) is 0 Å².